The fourth-order valence-corrected chi connectivity index (χ4v) is 2.95. The van der Waals surface area contributed by atoms with Crippen LogP contribution in [0.1, 0.15) is 5.56 Å². The molecule has 20 heavy (non-hydrogen) atoms. The lowest BCUT2D eigenvalue weighted by molar-refractivity contribution is 0.104. The van der Waals surface area contributed by atoms with Crippen LogP contribution >= 0.6 is 0 Å². The highest BCUT2D eigenvalue weighted by Crippen LogP contribution is 2.21. The number of aryl methyl sites for hydroxylation is 1. The van der Waals surface area contributed by atoms with Gasteiger partial charge in [-0.2, -0.15) is 0 Å². The van der Waals surface area contributed by atoms with Crippen LogP contribution in [-0.2, 0) is 6.54 Å². The summed E-state index contributed by atoms with van der Waals surface area (Å²) in [6, 6.07) is 6.79. The third-order valence-corrected chi connectivity index (χ3v) is 4.31. The molecule has 1 saturated heterocycles. The minimum absolute atomic E-state index is 0.481. The molecule has 108 valence electrons. The fourth-order valence-electron chi connectivity index (χ4n) is 2.95. The second-order valence-corrected chi connectivity index (χ2v) is 5.97. The van der Waals surface area contributed by atoms with E-state index in [0.29, 0.717) is 12.0 Å². The molecular weight excluding hydrogens is 250 g/mol. The van der Waals surface area contributed by atoms with Gasteiger partial charge in [0.15, 0.2) is 0 Å². The van der Waals surface area contributed by atoms with Gasteiger partial charge in [0.2, 0.25) is 5.95 Å². The summed E-state index contributed by atoms with van der Waals surface area (Å²) in [7, 11) is 4.37. The smallest absolute Gasteiger partial charge is 0.201 e. The zero-order chi connectivity index (χ0) is 14.3. The molecule has 0 spiro atoms. The van der Waals surface area contributed by atoms with Crippen LogP contribution in [0.25, 0.3) is 11.0 Å². The van der Waals surface area contributed by atoms with E-state index in [9.17, 15) is 0 Å². The van der Waals surface area contributed by atoms with Crippen molar-refractivity contribution in [3.05, 3.63) is 23.8 Å². The number of fused-ring (bicyclic) bond motifs is 1. The number of rotatable bonds is 2. The Kier molecular flexibility index (Phi) is 3.40. The van der Waals surface area contributed by atoms with Crippen molar-refractivity contribution < 1.29 is 0 Å². The molecule has 0 bridgehead atoms. The zero-order valence-electron chi connectivity index (χ0n) is 12.5. The van der Waals surface area contributed by atoms with Gasteiger partial charge in [-0.15, -0.1) is 0 Å². The van der Waals surface area contributed by atoms with Gasteiger partial charge in [-0.05, 0) is 38.7 Å². The summed E-state index contributed by atoms with van der Waals surface area (Å²) in [4.78, 5) is 9.27. The third kappa shape index (κ3) is 2.39. The van der Waals surface area contributed by atoms with Crippen LogP contribution in [0, 0.1) is 6.92 Å². The normalized spacial score (nSPS) is 21.6. The lowest BCUT2D eigenvalue weighted by Crippen LogP contribution is -2.51. The Morgan fingerprint density at radius 3 is 2.90 bits per heavy atom. The molecule has 2 N–H and O–H groups in total. The first-order chi connectivity index (χ1) is 9.54. The molecule has 1 aromatic heterocycles. The molecule has 0 amide bonds. The number of hydrogen-bond donors (Lipinski definition) is 1. The maximum Gasteiger partial charge on any atom is 0.201 e. The van der Waals surface area contributed by atoms with E-state index in [0.717, 1.165) is 37.2 Å². The molecule has 1 aliphatic heterocycles. The average Bonchev–Trinajstić information content (AvgIpc) is 2.70. The molecule has 3 rings (SSSR count). The van der Waals surface area contributed by atoms with Crippen molar-refractivity contribution in [3.63, 3.8) is 0 Å². The SMILES string of the molecule is Cc1ccc2nc(N)n(CC3CN(C)CCN3C)c2c1. The Labute approximate surface area is 120 Å². The van der Waals surface area contributed by atoms with E-state index in [-0.39, 0.29) is 0 Å². The number of nitrogens with zero attached hydrogens (tertiary/aromatic N) is 4. The molecule has 0 saturated carbocycles. The first-order valence-corrected chi connectivity index (χ1v) is 7.16. The third-order valence-electron chi connectivity index (χ3n) is 4.31. The molecule has 5 heteroatoms. The van der Waals surface area contributed by atoms with Gasteiger partial charge in [0.25, 0.3) is 0 Å². The molecule has 0 aliphatic carbocycles. The van der Waals surface area contributed by atoms with E-state index in [1.807, 2.05) is 6.07 Å². The fraction of sp³-hybridized carbons (Fsp3) is 0.533. The molecule has 2 heterocycles. The van der Waals surface area contributed by atoms with Crippen molar-refractivity contribution in [2.45, 2.75) is 19.5 Å². The summed E-state index contributed by atoms with van der Waals surface area (Å²) in [6.07, 6.45) is 0. The summed E-state index contributed by atoms with van der Waals surface area (Å²) >= 11 is 0. The summed E-state index contributed by atoms with van der Waals surface area (Å²) in [5, 5.41) is 0. The van der Waals surface area contributed by atoms with Crippen molar-refractivity contribution in [3.8, 4) is 0 Å². The molecule has 1 fully saturated rings. The van der Waals surface area contributed by atoms with Gasteiger partial charge in [0, 0.05) is 32.2 Å². The first-order valence-electron chi connectivity index (χ1n) is 7.16. The van der Waals surface area contributed by atoms with E-state index >= 15 is 0 Å². The van der Waals surface area contributed by atoms with Crippen molar-refractivity contribution in [2.75, 3.05) is 39.5 Å². The Hall–Kier alpha value is -1.59. The number of anilines is 1. The number of benzene rings is 1. The van der Waals surface area contributed by atoms with Crippen LogP contribution in [0.2, 0.25) is 0 Å². The standard InChI is InChI=1S/C15H23N5/c1-11-4-5-13-14(8-11)20(15(16)17-13)10-12-9-18(2)6-7-19(12)3/h4-5,8,12H,6-7,9-10H2,1-3H3,(H2,16,17). The Morgan fingerprint density at radius 2 is 2.10 bits per heavy atom. The molecule has 1 aliphatic rings. The number of nitrogens with two attached hydrogens (primary N) is 1. The number of likely N-dealkylation sites (N-methyl/N-ethyl adjacent to an activating group) is 2. The van der Waals surface area contributed by atoms with Gasteiger partial charge in [0.05, 0.1) is 11.0 Å². The van der Waals surface area contributed by atoms with Crippen LogP contribution in [-0.4, -0.2) is 59.1 Å². The molecule has 1 atom stereocenters. The monoisotopic (exact) mass is 273 g/mol. The van der Waals surface area contributed by atoms with E-state index in [2.05, 4.69) is 52.5 Å². The van der Waals surface area contributed by atoms with Crippen LogP contribution in [0.3, 0.4) is 0 Å². The lowest BCUT2D eigenvalue weighted by atomic mass is 10.1. The minimum Gasteiger partial charge on any atom is -0.369 e. The number of hydrogen-bond acceptors (Lipinski definition) is 4. The topological polar surface area (TPSA) is 50.3 Å². The molecule has 5 nitrogen and oxygen atoms in total. The van der Waals surface area contributed by atoms with Crippen LogP contribution in [0.15, 0.2) is 18.2 Å². The number of aromatic nitrogens is 2. The Bertz CT molecular complexity index is 618. The molecule has 1 aromatic carbocycles. The molecule has 0 radical (unpaired) electrons. The minimum atomic E-state index is 0.481. The zero-order valence-corrected chi connectivity index (χ0v) is 12.5. The van der Waals surface area contributed by atoms with Crippen LogP contribution in [0.5, 0.6) is 0 Å². The van der Waals surface area contributed by atoms with Crippen molar-refractivity contribution in [1.29, 1.82) is 0 Å². The van der Waals surface area contributed by atoms with Gasteiger partial charge in [0.1, 0.15) is 0 Å². The largest absolute Gasteiger partial charge is 0.369 e. The van der Waals surface area contributed by atoms with Gasteiger partial charge in [-0.3, -0.25) is 4.90 Å². The molecule has 2 aromatic rings. The average molecular weight is 273 g/mol. The van der Waals surface area contributed by atoms with Crippen LogP contribution in [0.4, 0.5) is 5.95 Å². The maximum atomic E-state index is 6.12. The second kappa shape index (κ2) is 5.07. The van der Waals surface area contributed by atoms with Crippen molar-refractivity contribution in [1.82, 2.24) is 19.4 Å². The summed E-state index contributed by atoms with van der Waals surface area (Å²) < 4.78 is 2.16. The van der Waals surface area contributed by atoms with E-state index < -0.39 is 0 Å². The van der Waals surface area contributed by atoms with Gasteiger partial charge < -0.3 is 15.2 Å². The second-order valence-electron chi connectivity index (χ2n) is 5.97. The Balaban J connectivity index is 1.93. The number of piperazine rings is 1. The first kappa shape index (κ1) is 13.4. The number of imidazole rings is 1. The van der Waals surface area contributed by atoms with Gasteiger partial charge >= 0.3 is 0 Å². The van der Waals surface area contributed by atoms with Crippen molar-refractivity contribution >= 4 is 17.0 Å². The summed E-state index contributed by atoms with van der Waals surface area (Å²) in [6.45, 7) is 6.31. The summed E-state index contributed by atoms with van der Waals surface area (Å²) in [5.74, 6) is 0.618. The van der Waals surface area contributed by atoms with E-state index in [4.69, 9.17) is 5.73 Å². The predicted octanol–water partition coefficient (Wildman–Crippen LogP) is 1.17. The van der Waals surface area contributed by atoms with Gasteiger partial charge in [-0.25, -0.2) is 4.98 Å². The maximum absolute atomic E-state index is 6.12. The lowest BCUT2D eigenvalue weighted by Gasteiger charge is -2.38. The summed E-state index contributed by atoms with van der Waals surface area (Å²) in [5.41, 5.74) is 9.49. The molecule has 1 unspecified atom stereocenters. The highest BCUT2D eigenvalue weighted by molar-refractivity contribution is 5.79. The van der Waals surface area contributed by atoms with E-state index in [1.165, 1.54) is 5.56 Å². The van der Waals surface area contributed by atoms with Crippen molar-refractivity contribution in [2.24, 2.45) is 0 Å². The highest BCUT2D eigenvalue weighted by Gasteiger charge is 2.23. The van der Waals surface area contributed by atoms with Gasteiger partial charge in [-0.1, -0.05) is 6.07 Å². The Morgan fingerprint density at radius 1 is 1.30 bits per heavy atom. The molecular formula is C15H23N5. The number of nitrogen functional groups attached to an aromatic ring is 1. The highest BCUT2D eigenvalue weighted by atomic mass is 15.3. The van der Waals surface area contributed by atoms with E-state index in [1.54, 1.807) is 0 Å². The quantitative estimate of drug-likeness (QED) is 0.892. The predicted molar refractivity (Wildman–Crippen MR) is 82.8 cm³/mol. The van der Waals surface area contributed by atoms with Crippen LogP contribution < -0.4 is 5.73 Å².